The summed E-state index contributed by atoms with van der Waals surface area (Å²) >= 11 is 0. The molecule has 1 aromatic heterocycles. The third-order valence-electron chi connectivity index (χ3n) is 7.04. The fourth-order valence-electron chi connectivity index (χ4n) is 4.90. The Morgan fingerprint density at radius 3 is 2.44 bits per heavy atom. The van der Waals surface area contributed by atoms with Crippen LogP contribution >= 0.6 is 0 Å². The molecule has 1 aliphatic heterocycles. The fraction of sp³-hybridized carbons (Fsp3) is 0.538. The number of rotatable bonds is 8. The maximum Gasteiger partial charge on any atom is 0.273 e. The van der Waals surface area contributed by atoms with Crippen LogP contribution in [0.15, 0.2) is 30.3 Å². The van der Waals surface area contributed by atoms with Crippen LogP contribution in [-0.2, 0) is 24.3 Å². The van der Waals surface area contributed by atoms with Gasteiger partial charge in [-0.1, -0.05) is 51.0 Å². The first kappa shape index (κ1) is 24.0. The summed E-state index contributed by atoms with van der Waals surface area (Å²) in [6, 6.07) is 9.80. The van der Waals surface area contributed by atoms with Gasteiger partial charge in [-0.25, -0.2) is 0 Å². The van der Waals surface area contributed by atoms with Crippen molar-refractivity contribution in [2.24, 2.45) is 0 Å². The van der Waals surface area contributed by atoms with E-state index in [4.69, 9.17) is 0 Å². The van der Waals surface area contributed by atoms with E-state index in [0.29, 0.717) is 18.8 Å². The summed E-state index contributed by atoms with van der Waals surface area (Å²) in [7, 11) is 0. The molecule has 0 bridgehead atoms. The SMILES string of the molecule is CCCN1C(=O)c2cc(C(=O)NCc3ccc(CC)cc3)nn2C[C@]1(C)C(=O)NC1CCCC1. The summed E-state index contributed by atoms with van der Waals surface area (Å²) in [6.07, 6.45) is 5.88. The molecular weight excluding hydrogens is 430 g/mol. The number of nitrogens with one attached hydrogen (secondary N) is 2. The third kappa shape index (κ3) is 4.72. The van der Waals surface area contributed by atoms with Gasteiger partial charge in [-0.2, -0.15) is 5.10 Å². The van der Waals surface area contributed by atoms with E-state index >= 15 is 0 Å². The highest BCUT2D eigenvalue weighted by Crippen LogP contribution is 2.29. The Bertz CT molecular complexity index is 1050. The van der Waals surface area contributed by atoms with Crippen LogP contribution in [0.1, 0.15) is 85.0 Å². The normalized spacial score (nSPS) is 20.3. The van der Waals surface area contributed by atoms with Crippen molar-refractivity contribution in [3.63, 3.8) is 0 Å². The zero-order chi connectivity index (χ0) is 24.3. The van der Waals surface area contributed by atoms with Gasteiger partial charge in [-0.05, 0) is 43.7 Å². The molecule has 2 N–H and O–H groups in total. The Morgan fingerprint density at radius 2 is 1.79 bits per heavy atom. The minimum absolute atomic E-state index is 0.149. The van der Waals surface area contributed by atoms with Crippen LogP contribution in [0.25, 0.3) is 0 Å². The van der Waals surface area contributed by atoms with Crippen molar-refractivity contribution in [1.82, 2.24) is 25.3 Å². The Hall–Kier alpha value is -3.16. The first-order chi connectivity index (χ1) is 16.4. The van der Waals surface area contributed by atoms with Crippen molar-refractivity contribution in [3.8, 4) is 0 Å². The monoisotopic (exact) mass is 465 g/mol. The van der Waals surface area contributed by atoms with Crippen LogP contribution in [0.4, 0.5) is 0 Å². The highest BCUT2D eigenvalue weighted by Gasteiger charge is 2.48. The van der Waals surface area contributed by atoms with E-state index < -0.39 is 5.54 Å². The maximum absolute atomic E-state index is 13.4. The van der Waals surface area contributed by atoms with Crippen molar-refractivity contribution < 1.29 is 14.4 Å². The summed E-state index contributed by atoms with van der Waals surface area (Å²) in [5.74, 6) is -0.754. The van der Waals surface area contributed by atoms with E-state index in [9.17, 15) is 14.4 Å². The van der Waals surface area contributed by atoms with E-state index in [0.717, 1.165) is 44.1 Å². The maximum atomic E-state index is 13.4. The molecule has 4 rings (SSSR count). The Morgan fingerprint density at radius 1 is 1.12 bits per heavy atom. The van der Waals surface area contributed by atoms with Crippen LogP contribution in [-0.4, -0.2) is 50.5 Å². The molecular formula is C26H35N5O3. The molecule has 1 atom stereocenters. The minimum Gasteiger partial charge on any atom is -0.351 e. The van der Waals surface area contributed by atoms with E-state index in [2.05, 4.69) is 34.8 Å². The summed E-state index contributed by atoms with van der Waals surface area (Å²) in [5.41, 5.74) is 1.72. The number of carbonyl (C=O) groups excluding carboxylic acids is 3. The van der Waals surface area contributed by atoms with Crippen molar-refractivity contribution in [2.75, 3.05) is 6.54 Å². The Labute approximate surface area is 201 Å². The van der Waals surface area contributed by atoms with Gasteiger partial charge < -0.3 is 15.5 Å². The fourth-order valence-corrected chi connectivity index (χ4v) is 4.90. The minimum atomic E-state index is -1.05. The van der Waals surface area contributed by atoms with Crippen LogP contribution in [0.5, 0.6) is 0 Å². The van der Waals surface area contributed by atoms with Gasteiger partial charge in [0.2, 0.25) is 5.91 Å². The number of amides is 3. The zero-order valence-corrected chi connectivity index (χ0v) is 20.4. The first-order valence-electron chi connectivity index (χ1n) is 12.4. The molecule has 1 fully saturated rings. The van der Waals surface area contributed by atoms with Crippen LogP contribution in [0.2, 0.25) is 0 Å². The zero-order valence-electron chi connectivity index (χ0n) is 20.4. The number of nitrogens with zero attached hydrogens (tertiary/aromatic N) is 3. The van der Waals surface area contributed by atoms with Gasteiger partial charge in [0.1, 0.15) is 11.2 Å². The van der Waals surface area contributed by atoms with Crippen molar-refractivity contribution in [1.29, 1.82) is 0 Å². The topological polar surface area (TPSA) is 96.3 Å². The predicted molar refractivity (Wildman–Crippen MR) is 129 cm³/mol. The van der Waals surface area contributed by atoms with Gasteiger partial charge >= 0.3 is 0 Å². The van der Waals surface area contributed by atoms with Crippen molar-refractivity contribution in [2.45, 2.75) is 84.0 Å². The van der Waals surface area contributed by atoms with Gasteiger partial charge in [0.15, 0.2) is 5.69 Å². The van der Waals surface area contributed by atoms with E-state index in [1.54, 1.807) is 11.8 Å². The van der Waals surface area contributed by atoms with Gasteiger partial charge in [0.05, 0.1) is 6.54 Å². The van der Waals surface area contributed by atoms with Crippen molar-refractivity contribution >= 4 is 17.7 Å². The predicted octanol–water partition coefficient (Wildman–Crippen LogP) is 3.06. The van der Waals surface area contributed by atoms with Gasteiger partial charge in [-0.3, -0.25) is 19.1 Å². The second kappa shape index (κ2) is 9.99. The van der Waals surface area contributed by atoms with Crippen molar-refractivity contribution in [3.05, 3.63) is 52.8 Å². The largest absolute Gasteiger partial charge is 0.351 e. The van der Waals surface area contributed by atoms with Crippen LogP contribution in [0.3, 0.4) is 0 Å². The molecule has 34 heavy (non-hydrogen) atoms. The van der Waals surface area contributed by atoms with Gasteiger partial charge in [0.25, 0.3) is 11.8 Å². The standard InChI is InChI=1S/C26H35N5O3/c1-4-14-30-24(33)22-15-21(23(32)27-16-19-12-10-18(5-2)11-13-19)29-31(22)17-26(30,3)25(34)28-20-8-6-7-9-20/h10-13,15,20H,4-9,14,16-17H2,1-3H3,(H,27,32)(H,28,34)/t26-/m1/s1. The lowest BCUT2D eigenvalue weighted by Crippen LogP contribution is -2.65. The number of benzene rings is 1. The second-order valence-electron chi connectivity index (χ2n) is 9.61. The molecule has 0 spiro atoms. The second-order valence-corrected chi connectivity index (χ2v) is 9.61. The van der Waals surface area contributed by atoms with Gasteiger partial charge in [-0.15, -0.1) is 0 Å². The number of aromatic nitrogens is 2. The smallest absolute Gasteiger partial charge is 0.273 e. The summed E-state index contributed by atoms with van der Waals surface area (Å²) in [6.45, 7) is 6.95. The average molecular weight is 466 g/mol. The van der Waals surface area contributed by atoms with Crippen LogP contribution in [0, 0.1) is 0 Å². The number of hydrogen-bond acceptors (Lipinski definition) is 4. The Balaban J connectivity index is 1.51. The highest BCUT2D eigenvalue weighted by atomic mass is 16.2. The molecule has 1 aromatic carbocycles. The lowest BCUT2D eigenvalue weighted by molar-refractivity contribution is -0.133. The molecule has 8 heteroatoms. The van der Waals surface area contributed by atoms with Crippen LogP contribution < -0.4 is 10.6 Å². The summed E-state index contributed by atoms with van der Waals surface area (Å²) < 4.78 is 1.52. The van der Waals surface area contributed by atoms with E-state index in [-0.39, 0.29) is 36.0 Å². The molecule has 182 valence electrons. The molecule has 0 radical (unpaired) electrons. The number of aryl methyl sites for hydroxylation is 1. The molecule has 0 unspecified atom stereocenters. The molecule has 0 saturated heterocycles. The molecule has 1 aliphatic carbocycles. The average Bonchev–Trinajstić information content (AvgIpc) is 3.50. The Kier molecular flexibility index (Phi) is 7.05. The van der Waals surface area contributed by atoms with Gasteiger partial charge in [0, 0.05) is 25.2 Å². The summed E-state index contributed by atoms with van der Waals surface area (Å²) in [4.78, 5) is 41.2. The molecule has 3 amide bonds. The molecule has 8 nitrogen and oxygen atoms in total. The molecule has 2 aliphatic rings. The molecule has 1 saturated carbocycles. The highest BCUT2D eigenvalue weighted by molar-refractivity contribution is 6.01. The number of carbonyl (C=O) groups is 3. The number of fused-ring (bicyclic) bond motifs is 1. The lowest BCUT2D eigenvalue weighted by Gasteiger charge is -2.43. The summed E-state index contributed by atoms with van der Waals surface area (Å²) in [5, 5.41) is 10.5. The number of hydrogen-bond donors (Lipinski definition) is 2. The lowest BCUT2D eigenvalue weighted by atomic mass is 9.94. The molecule has 2 heterocycles. The van der Waals surface area contributed by atoms with E-state index in [1.807, 2.05) is 19.1 Å². The molecule has 2 aromatic rings. The quantitative estimate of drug-likeness (QED) is 0.626. The first-order valence-corrected chi connectivity index (χ1v) is 12.4. The third-order valence-corrected chi connectivity index (χ3v) is 7.04. The van der Waals surface area contributed by atoms with E-state index in [1.165, 1.54) is 16.3 Å².